The lowest BCUT2D eigenvalue weighted by Crippen LogP contribution is -2.14. The Balaban J connectivity index is 1.62. The molecule has 1 amide bonds. The van der Waals surface area contributed by atoms with Crippen LogP contribution in [0.25, 0.3) is 11.1 Å². The molecule has 0 spiro atoms. The molecule has 0 aliphatic heterocycles. The van der Waals surface area contributed by atoms with Gasteiger partial charge in [-0.15, -0.1) is 0 Å². The first-order valence-electron chi connectivity index (χ1n) is 11.2. The van der Waals surface area contributed by atoms with Gasteiger partial charge in [-0.05, 0) is 66.4 Å². The van der Waals surface area contributed by atoms with Gasteiger partial charge in [0.2, 0.25) is 0 Å². The highest BCUT2D eigenvalue weighted by Gasteiger charge is 2.12. The lowest BCUT2D eigenvalue weighted by Gasteiger charge is -2.11. The molecule has 0 bridgehead atoms. The number of carboxylic acid groups (broad SMARTS) is 1. The summed E-state index contributed by atoms with van der Waals surface area (Å²) in [6.45, 7) is 1.42. The molecule has 0 atom stereocenters. The van der Waals surface area contributed by atoms with E-state index in [-0.39, 0.29) is 12.3 Å². The number of ether oxygens (including phenoxy) is 1. The summed E-state index contributed by atoms with van der Waals surface area (Å²) in [7, 11) is 0. The zero-order valence-electron chi connectivity index (χ0n) is 18.6. The molecular formula is C27H30N2O4. The quantitative estimate of drug-likeness (QED) is 0.335. The second kappa shape index (κ2) is 12.4. The minimum atomic E-state index is -0.947. The normalized spacial score (nSPS) is 10.6. The predicted octanol–water partition coefficient (Wildman–Crippen LogP) is 5.13. The first kappa shape index (κ1) is 24.0. The number of unbranched alkanes of at least 4 members (excludes halogenated alkanes) is 3. The number of carboxylic acids is 1. The average molecular weight is 447 g/mol. The lowest BCUT2D eigenvalue weighted by molar-refractivity contribution is -0.136. The number of rotatable bonds is 12. The molecule has 4 N–H and O–H groups in total. The number of nitrogens with one attached hydrogen (secondary N) is 1. The molecule has 6 nitrogen and oxygen atoms in total. The van der Waals surface area contributed by atoms with Crippen molar-refractivity contribution in [1.29, 1.82) is 0 Å². The molecule has 6 heteroatoms. The Morgan fingerprint density at radius 3 is 2.36 bits per heavy atom. The van der Waals surface area contributed by atoms with Gasteiger partial charge in [0, 0.05) is 11.3 Å². The third kappa shape index (κ3) is 7.47. The summed E-state index contributed by atoms with van der Waals surface area (Å²) < 4.78 is 5.81. The fourth-order valence-corrected chi connectivity index (χ4v) is 3.53. The van der Waals surface area contributed by atoms with E-state index in [9.17, 15) is 9.59 Å². The highest BCUT2D eigenvalue weighted by Crippen LogP contribution is 2.24. The van der Waals surface area contributed by atoms with Crippen LogP contribution in [0.1, 0.15) is 41.6 Å². The number of anilines is 1. The Kier molecular flexibility index (Phi) is 9.03. The Labute approximate surface area is 194 Å². The number of hydrogen-bond donors (Lipinski definition) is 3. The lowest BCUT2D eigenvalue weighted by atomic mass is 10.0. The van der Waals surface area contributed by atoms with Gasteiger partial charge in [0.15, 0.2) is 0 Å². The van der Waals surface area contributed by atoms with Crippen molar-refractivity contribution >= 4 is 17.6 Å². The first-order chi connectivity index (χ1) is 16.1. The van der Waals surface area contributed by atoms with Crippen LogP contribution >= 0.6 is 0 Å². The summed E-state index contributed by atoms with van der Waals surface area (Å²) in [4.78, 5) is 23.9. The molecular weight excluding hydrogens is 416 g/mol. The topological polar surface area (TPSA) is 102 Å². The fraction of sp³-hybridized carbons (Fsp3) is 0.259. The number of aliphatic carboxylic acids is 1. The van der Waals surface area contributed by atoms with E-state index in [1.807, 2.05) is 42.5 Å². The molecule has 3 aromatic carbocycles. The van der Waals surface area contributed by atoms with E-state index >= 15 is 0 Å². The maximum atomic E-state index is 12.8. The summed E-state index contributed by atoms with van der Waals surface area (Å²) in [5.41, 5.74) is 8.95. The Hall–Kier alpha value is -3.64. The number of benzene rings is 3. The minimum absolute atomic E-state index is 0.154. The van der Waals surface area contributed by atoms with Gasteiger partial charge in [-0.3, -0.25) is 9.59 Å². The third-order valence-electron chi connectivity index (χ3n) is 5.29. The van der Waals surface area contributed by atoms with Gasteiger partial charge in [-0.2, -0.15) is 0 Å². The summed E-state index contributed by atoms with van der Waals surface area (Å²) in [5.74, 6) is -0.413. The van der Waals surface area contributed by atoms with Crippen LogP contribution in [0.2, 0.25) is 0 Å². The predicted molar refractivity (Wildman–Crippen MR) is 131 cm³/mol. The number of para-hydroxylation sites is 1. The van der Waals surface area contributed by atoms with Crippen molar-refractivity contribution in [1.82, 2.24) is 0 Å². The van der Waals surface area contributed by atoms with Crippen LogP contribution in [0, 0.1) is 0 Å². The summed E-state index contributed by atoms with van der Waals surface area (Å²) in [6, 6.07) is 22.1. The van der Waals surface area contributed by atoms with Crippen molar-refractivity contribution in [3.05, 3.63) is 83.9 Å². The van der Waals surface area contributed by atoms with Crippen LogP contribution < -0.4 is 15.8 Å². The second-order valence-electron chi connectivity index (χ2n) is 7.84. The zero-order chi connectivity index (χ0) is 23.5. The van der Waals surface area contributed by atoms with Gasteiger partial charge in [0.1, 0.15) is 5.75 Å². The molecule has 3 rings (SSSR count). The average Bonchev–Trinajstić information content (AvgIpc) is 2.83. The summed E-state index contributed by atoms with van der Waals surface area (Å²) in [6.07, 6.45) is 4.16. The van der Waals surface area contributed by atoms with Gasteiger partial charge in [-0.1, -0.05) is 55.3 Å². The van der Waals surface area contributed by atoms with Crippen molar-refractivity contribution < 1.29 is 19.4 Å². The molecule has 0 heterocycles. The number of nitrogens with two attached hydrogens (primary N) is 1. The van der Waals surface area contributed by atoms with Gasteiger partial charge < -0.3 is 20.9 Å². The smallest absolute Gasteiger partial charge is 0.307 e. The second-order valence-corrected chi connectivity index (χ2v) is 7.84. The van der Waals surface area contributed by atoms with Crippen molar-refractivity contribution in [3.8, 4) is 16.9 Å². The monoisotopic (exact) mass is 446 g/mol. The standard InChI is InChI=1S/C27H30N2O4/c28-16-5-1-2-6-17-33-24-14-12-20(13-15-24)21-9-7-10-23(18-21)27(32)29-25-11-4-3-8-22(25)19-26(30)31/h3-4,7-15,18H,1-2,5-6,16-17,19,28H2,(H,29,32)(H,30,31). The first-order valence-corrected chi connectivity index (χ1v) is 11.2. The van der Waals surface area contributed by atoms with Crippen LogP contribution in [-0.4, -0.2) is 30.1 Å². The minimum Gasteiger partial charge on any atom is -0.494 e. The van der Waals surface area contributed by atoms with E-state index in [4.69, 9.17) is 15.6 Å². The van der Waals surface area contributed by atoms with Gasteiger partial charge in [0.25, 0.3) is 5.91 Å². The van der Waals surface area contributed by atoms with Crippen molar-refractivity contribution in [3.63, 3.8) is 0 Å². The molecule has 0 fully saturated rings. The number of amides is 1. The molecule has 0 radical (unpaired) electrons. The Morgan fingerprint density at radius 2 is 1.61 bits per heavy atom. The van der Waals surface area contributed by atoms with Gasteiger partial charge in [-0.25, -0.2) is 0 Å². The van der Waals surface area contributed by atoms with Crippen molar-refractivity contribution in [2.75, 3.05) is 18.5 Å². The maximum absolute atomic E-state index is 12.8. The highest BCUT2D eigenvalue weighted by atomic mass is 16.5. The van der Waals surface area contributed by atoms with Crippen molar-refractivity contribution in [2.24, 2.45) is 5.73 Å². The van der Waals surface area contributed by atoms with E-state index in [0.717, 1.165) is 49.1 Å². The zero-order valence-corrected chi connectivity index (χ0v) is 18.6. The fourth-order valence-electron chi connectivity index (χ4n) is 3.53. The van der Waals surface area contributed by atoms with Crippen LogP contribution in [0.4, 0.5) is 5.69 Å². The van der Waals surface area contributed by atoms with E-state index in [2.05, 4.69) is 5.32 Å². The molecule has 3 aromatic rings. The molecule has 0 aliphatic carbocycles. The molecule has 33 heavy (non-hydrogen) atoms. The van der Waals surface area contributed by atoms with E-state index in [1.54, 1.807) is 30.3 Å². The van der Waals surface area contributed by atoms with Gasteiger partial charge >= 0.3 is 5.97 Å². The molecule has 0 aliphatic rings. The van der Waals surface area contributed by atoms with Crippen molar-refractivity contribution in [2.45, 2.75) is 32.1 Å². The Morgan fingerprint density at radius 1 is 0.848 bits per heavy atom. The summed E-state index contributed by atoms with van der Waals surface area (Å²) >= 11 is 0. The molecule has 0 unspecified atom stereocenters. The van der Waals surface area contributed by atoms with Crippen LogP contribution in [0.3, 0.4) is 0 Å². The van der Waals surface area contributed by atoms with E-state index < -0.39 is 5.97 Å². The third-order valence-corrected chi connectivity index (χ3v) is 5.29. The Bertz CT molecular complexity index is 1060. The largest absolute Gasteiger partial charge is 0.494 e. The van der Waals surface area contributed by atoms with Gasteiger partial charge in [0.05, 0.1) is 13.0 Å². The maximum Gasteiger partial charge on any atom is 0.307 e. The SMILES string of the molecule is NCCCCCCOc1ccc(-c2cccc(C(=O)Nc3ccccc3CC(=O)O)c2)cc1. The highest BCUT2D eigenvalue weighted by molar-refractivity contribution is 6.05. The molecule has 0 saturated heterocycles. The molecule has 0 aromatic heterocycles. The molecule has 0 saturated carbocycles. The van der Waals surface area contributed by atoms with Crippen LogP contribution in [-0.2, 0) is 11.2 Å². The number of hydrogen-bond acceptors (Lipinski definition) is 4. The number of carbonyl (C=O) groups excluding carboxylic acids is 1. The van der Waals surface area contributed by atoms with E-state index in [1.165, 1.54) is 0 Å². The van der Waals surface area contributed by atoms with Crippen LogP contribution in [0.5, 0.6) is 5.75 Å². The van der Waals surface area contributed by atoms with E-state index in [0.29, 0.717) is 23.4 Å². The van der Waals surface area contributed by atoms with Crippen LogP contribution in [0.15, 0.2) is 72.8 Å². The summed E-state index contributed by atoms with van der Waals surface area (Å²) in [5, 5.41) is 11.9. The number of carbonyl (C=O) groups is 2. The molecule has 172 valence electrons.